The van der Waals surface area contributed by atoms with E-state index in [0.717, 1.165) is 22.0 Å². The summed E-state index contributed by atoms with van der Waals surface area (Å²) in [6.07, 6.45) is 2.84. The maximum absolute atomic E-state index is 13.1. The predicted molar refractivity (Wildman–Crippen MR) is 118 cm³/mol. The zero-order chi connectivity index (χ0) is 21.1. The second-order valence-corrected chi connectivity index (χ2v) is 9.89. The number of hydrogen-bond acceptors (Lipinski definition) is 7. The van der Waals surface area contributed by atoms with Gasteiger partial charge in [0.15, 0.2) is 5.13 Å². The number of rotatable bonds is 5. The molecule has 30 heavy (non-hydrogen) atoms. The Kier molecular flexibility index (Phi) is 5.98. The van der Waals surface area contributed by atoms with Crippen molar-refractivity contribution >= 4 is 48.4 Å². The summed E-state index contributed by atoms with van der Waals surface area (Å²) in [6.45, 7) is 3.93. The molecule has 0 bridgehead atoms. The van der Waals surface area contributed by atoms with Crippen molar-refractivity contribution in [1.29, 1.82) is 0 Å². The van der Waals surface area contributed by atoms with Crippen molar-refractivity contribution in [2.75, 3.05) is 36.4 Å². The lowest BCUT2D eigenvalue weighted by molar-refractivity contribution is -0.115. The Labute approximate surface area is 179 Å². The molecule has 0 radical (unpaired) electrons. The Hall–Kier alpha value is -2.56. The number of amides is 1. The molecule has 0 aliphatic carbocycles. The van der Waals surface area contributed by atoms with Crippen LogP contribution >= 0.6 is 11.3 Å². The summed E-state index contributed by atoms with van der Waals surface area (Å²) in [5.41, 5.74) is 1.45. The van der Waals surface area contributed by atoms with Crippen LogP contribution in [-0.2, 0) is 14.8 Å². The first-order chi connectivity index (χ1) is 14.5. The molecule has 1 saturated heterocycles. The molecule has 1 amide bonds. The molecule has 0 atom stereocenters. The van der Waals surface area contributed by atoms with Gasteiger partial charge in [-0.3, -0.25) is 4.79 Å². The summed E-state index contributed by atoms with van der Waals surface area (Å²) >= 11 is 1.53. The van der Waals surface area contributed by atoms with Crippen LogP contribution < -0.4 is 10.2 Å². The third kappa shape index (κ3) is 4.30. The standard InChI is InChI=1S/C20H23N5O3S2/c1-2-18(26)22-15-6-8-16(9-7-15)30(27,28)25-12-4-11-24(13-14-25)20-23-17-5-3-10-21-19(17)29-20/h3,5-10H,2,4,11-14H2,1H3,(H,22,26). The number of carbonyl (C=O) groups excluding carboxylic acids is 1. The number of benzene rings is 1. The predicted octanol–water partition coefficient (Wildman–Crippen LogP) is 2.94. The van der Waals surface area contributed by atoms with Crippen LogP contribution in [0, 0.1) is 0 Å². The quantitative estimate of drug-likeness (QED) is 0.649. The van der Waals surface area contributed by atoms with Crippen LogP contribution in [0.4, 0.5) is 10.8 Å². The molecule has 158 valence electrons. The van der Waals surface area contributed by atoms with Crippen LogP contribution in [0.15, 0.2) is 47.5 Å². The normalized spacial score (nSPS) is 15.8. The van der Waals surface area contributed by atoms with E-state index >= 15 is 0 Å². The Balaban J connectivity index is 1.47. The fourth-order valence-electron chi connectivity index (χ4n) is 3.33. The molecular weight excluding hydrogens is 422 g/mol. The summed E-state index contributed by atoms with van der Waals surface area (Å²) in [6, 6.07) is 10.1. The van der Waals surface area contributed by atoms with E-state index in [9.17, 15) is 13.2 Å². The van der Waals surface area contributed by atoms with Gasteiger partial charge in [0.05, 0.1) is 4.90 Å². The van der Waals surface area contributed by atoms with Gasteiger partial charge in [-0.25, -0.2) is 18.4 Å². The van der Waals surface area contributed by atoms with Crippen molar-refractivity contribution in [2.45, 2.75) is 24.7 Å². The number of hydrogen-bond donors (Lipinski definition) is 1. The summed E-state index contributed by atoms with van der Waals surface area (Å²) in [5.74, 6) is -0.108. The molecule has 3 heterocycles. The molecular formula is C20H23N5O3S2. The lowest BCUT2D eigenvalue weighted by Crippen LogP contribution is -2.35. The molecule has 0 saturated carbocycles. The van der Waals surface area contributed by atoms with Gasteiger partial charge in [0, 0.05) is 44.5 Å². The Morgan fingerprint density at radius 3 is 2.67 bits per heavy atom. The third-order valence-electron chi connectivity index (χ3n) is 4.98. The molecule has 0 spiro atoms. The van der Waals surface area contributed by atoms with E-state index in [-0.39, 0.29) is 10.8 Å². The first-order valence-electron chi connectivity index (χ1n) is 9.84. The summed E-state index contributed by atoms with van der Waals surface area (Å²) in [7, 11) is -3.60. The SMILES string of the molecule is CCC(=O)Nc1ccc(S(=O)(=O)N2CCCN(c3nc4cccnc4s3)CC2)cc1. The number of sulfonamides is 1. The van der Waals surface area contributed by atoms with E-state index in [2.05, 4.69) is 20.2 Å². The first-order valence-corrected chi connectivity index (χ1v) is 12.1. The summed E-state index contributed by atoms with van der Waals surface area (Å²) in [4.78, 5) is 23.7. The molecule has 1 fully saturated rings. The van der Waals surface area contributed by atoms with Gasteiger partial charge in [0.1, 0.15) is 10.3 Å². The van der Waals surface area contributed by atoms with Gasteiger partial charge in [-0.1, -0.05) is 18.3 Å². The second kappa shape index (κ2) is 8.66. The highest BCUT2D eigenvalue weighted by molar-refractivity contribution is 7.89. The van der Waals surface area contributed by atoms with Crippen LogP contribution in [0.5, 0.6) is 0 Å². The van der Waals surface area contributed by atoms with Gasteiger partial charge >= 0.3 is 0 Å². The smallest absolute Gasteiger partial charge is 0.243 e. The van der Waals surface area contributed by atoms with Crippen LogP contribution in [0.1, 0.15) is 19.8 Å². The maximum Gasteiger partial charge on any atom is 0.243 e. The van der Waals surface area contributed by atoms with Gasteiger partial charge in [0.2, 0.25) is 15.9 Å². The van der Waals surface area contributed by atoms with E-state index in [1.165, 1.54) is 15.6 Å². The minimum Gasteiger partial charge on any atom is -0.347 e. The summed E-state index contributed by atoms with van der Waals surface area (Å²) < 4.78 is 27.7. The fraction of sp³-hybridized carbons (Fsp3) is 0.350. The maximum atomic E-state index is 13.1. The molecule has 10 heteroatoms. The van der Waals surface area contributed by atoms with E-state index in [1.807, 2.05) is 12.1 Å². The average Bonchev–Trinajstić information content (AvgIpc) is 3.02. The molecule has 1 aliphatic rings. The first kappa shape index (κ1) is 20.7. The van der Waals surface area contributed by atoms with Crippen molar-refractivity contribution in [3.8, 4) is 0 Å². The van der Waals surface area contributed by atoms with Crippen molar-refractivity contribution < 1.29 is 13.2 Å². The van der Waals surface area contributed by atoms with Crippen LogP contribution in [0.25, 0.3) is 10.3 Å². The van der Waals surface area contributed by atoms with E-state index in [1.54, 1.807) is 37.4 Å². The lowest BCUT2D eigenvalue weighted by atomic mass is 10.3. The minimum absolute atomic E-state index is 0.108. The Morgan fingerprint density at radius 1 is 1.13 bits per heavy atom. The van der Waals surface area contributed by atoms with Gasteiger partial charge in [0.25, 0.3) is 0 Å². The highest BCUT2D eigenvalue weighted by Crippen LogP contribution is 2.28. The number of pyridine rings is 1. The molecule has 3 aromatic rings. The third-order valence-corrected chi connectivity index (χ3v) is 7.93. The Bertz CT molecular complexity index is 1110. The van der Waals surface area contributed by atoms with Crippen LogP contribution in [-0.4, -0.2) is 54.8 Å². The van der Waals surface area contributed by atoms with Crippen molar-refractivity contribution in [1.82, 2.24) is 14.3 Å². The van der Waals surface area contributed by atoms with Crippen molar-refractivity contribution in [3.05, 3.63) is 42.6 Å². The van der Waals surface area contributed by atoms with Crippen molar-refractivity contribution in [3.63, 3.8) is 0 Å². The molecule has 1 aromatic carbocycles. The monoisotopic (exact) mass is 445 g/mol. The molecule has 0 unspecified atom stereocenters. The van der Waals surface area contributed by atoms with Gasteiger partial charge in [-0.15, -0.1) is 0 Å². The molecule has 1 N–H and O–H groups in total. The number of nitrogens with one attached hydrogen (secondary N) is 1. The zero-order valence-corrected chi connectivity index (χ0v) is 18.2. The molecule has 4 rings (SSSR count). The van der Waals surface area contributed by atoms with Gasteiger partial charge in [-0.05, 0) is 42.8 Å². The number of fused-ring (bicyclic) bond motifs is 1. The van der Waals surface area contributed by atoms with Crippen LogP contribution in [0.3, 0.4) is 0 Å². The molecule has 8 nitrogen and oxygen atoms in total. The number of nitrogens with zero attached hydrogens (tertiary/aromatic N) is 4. The zero-order valence-electron chi connectivity index (χ0n) is 16.6. The molecule has 2 aromatic heterocycles. The molecule has 1 aliphatic heterocycles. The lowest BCUT2D eigenvalue weighted by Gasteiger charge is -2.21. The van der Waals surface area contributed by atoms with Crippen molar-refractivity contribution in [2.24, 2.45) is 0 Å². The number of anilines is 2. The largest absolute Gasteiger partial charge is 0.347 e. The highest BCUT2D eigenvalue weighted by Gasteiger charge is 2.27. The van der Waals surface area contributed by atoms with Gasteiger partial charge in [-0.2, -0.15) is 4.31 Å². The second-order valence-electron chi connectivity index (χ2n) is 6.99. The van der Waals surface area contributed by atoms with Crippen LogP contribution in [0.2, 0.25) is 0 Å². The van der Waals surface area contributed by atoms with E-state index < -0.39 is 10.0 Å². The highest BCUT2D eigenvalue weighted by atomic mass is 32.2. The number of carbonyl (C=O) groups is 1. The average molecular weight is 446 g/mol. The fourth-order valence-corrected chi connectivity index (χ4v) is 5.76. The minimum atomic E-state index is -3.60. The number of aromatic nitrogens is 2. The van der Waals surface area contributed by atoms with E-state index in [0.29, 0.717) is 38.2 Å². The number of thiazole rings is 1. The summed E-state index contributed by atoms with van der Waals surface area (Å²) in [5, 5.41) is 3.60. The van der Waals surface area contributed by atoms with Gasteiger partial charge < -0.3 is 10.2 Å². The Morgan fingerprint density at radius 2 is 1.93 bits per heavy atom. The van der Waals surface area contributed by atoms with E-state index in [4.69, 9.17) is 0 Å². The topological polar surface area (TPSA) is 95.5 Å².